The zero-order valence-electron chi connectivity index (χ0n) is 41.9. The van der Waals surface area contributed by atoms with Crippen molar-refractivity contribution >= 4 is 65.4 Å². The molecule has 0 aliphatic carbocycles. The third-order valence-electron chi connectivity index (χ3n) is 16.3. The molecule has 0 aliphatic heterocycles. The summed E-state index contributed by atoms with van der Waals surface area (Å²) in [5, 5.41) is 7.42. The lowest BCUT2D eigenvalue weighted by atomic mass is 9.68. The standard InChI is InChI=1S/C69H57N3/c1-67(2,46-24-10-7-11-25-46)49-42-58(68(3,4)47-26-12-8-13-27-47)66(59(43-49)69(5,6)48-28-14-9-15-29-48)72-64-40-38-50(70-60-34-20-16-30-52(60)53-31-17-21-35-61(53)70)44-56(64)57-45-51(39-41-65(57)72)71-62-36-22-18-32-54(62)55-33-19-23-37-63(55)71/h7-45H,1-6H3. The van der Waals surface area contributed by atoms with Gasteiger partial charge in [0, 0.05) is 59.9 Å². The van der Waals surface area contributed by atoms with Gasteiger partial charge in [-0.15, -0.1) is 0 Å². The maximum atomic E-state index is 2.63. The van der Waals surface area contributed by atoms with Crippen LogP contribution in [-0.2, 0) is 16.2 Å². The van der Waals surface area contributed by atoms with Gasteiger partial charge in [-0.2, -0.15) is 0 Å². The highest BCUT2D eigenvalue weighted by molar-refractivity contribution is 6.14. The summed E-state index contributed by atoms with van der Waals surface area (Å²) in [5.74, 6) is 0. The Kier molecular flexibility index (Phi) is 9.89. The number of hydrogen-bond donors (Lipinski definition) is 0. The lowest BCUT2D eigenvalue weighted by Gasteiger charge is -2.38. The summed E-state index contributed by atoms with van der Waals surface area (Å²) in [6, 6.07) is 88.2. The molecule has 3 aromatic heterocycles. The normalized spacial score (nSPS) is 12.6. The van der Waals surface area contributed by atoms with Gasteiger partial charge in [-0.25, -0.2) is 0 Å². The number of hydrogen-bond acceptors (Lipinski definition) is 0. The highest BCUT2D eigenvalue weighted by atomic mass is 15.0. The Morgan fingerprint density at radius 3 is 0.875 bits per heavy atom. The molecule has 348 valence electrons. The lowest BCUT2D eigenvalue weighted by Crippen LogP contribution is -2.30. The minimum Gasteiger partial charge on any atom is -0.309 e. The maximum absolute atomic E-state index is 2.63. The molecule has 0 spiro atoms. The zero-order chi connectivity index (χ0) is 48.9. The van der Waals surface area contributed by atoms with Crippen LogP contribution < -0.4 is 0 Å². The maximum Gasteiger partial charge on any atom is 0.0544 e. The van der Waals surface area contributed by atoms with Crippen LogP contribution in [0.2, 0.25) is 0 Å². The molecule has 0 atom stereocenters. The minimum absolute atomic E-state index is 0.307. The van der Waals surface area contributed by atoms with Gasteiger partial charge in [0.2, 0.25) is 0 Å². The topological polar surface area (TPSA) is 14.8 Å². The van der Waals surface area contributed by atoms with Crippen LogP contribution in [0, 0.1) is 0 Å². The minimum atomic E-state index is -0.421. The summed E-state index contributed by atoms with van der Waals surface area (Å²) >= 11 is 0. The largest absolute Gasteiger partial charge is 0.309 e. The molecule has 3 nitrogen and oxygen atoms in total. The second kappa shape index (κ2) is 16.3. The van der Waals surface area contributed by atoms with Crippen molar-refractivity contribution in [2.75, 3.05) is 0 Å². The molecule has 0 bridgehead atoms. The fourth-order valence-corrected chi connectivity index (χ4v) is 12.2. The lowest BCUT2D eigenvalue weighted by molar-refractivity contribution is 0.591. The number of benzene rings is 10. The van der Waals surface area contributed by atoms with Crippen LogP contribution in [0.5, 0.6) is 0 Å². The van der Waals surface area contributed by atoms with Gasteiger partial charge < -0.3 is 13.7 Å². The average Bonchev–Trinajstić information content (AvgIpc) is 4.06. The van der Waals surface area contributed by atoms with E-state index in [2.05, 4.69) is 292 Å². The number of nitrogens with zero attached hydrogens (tertiary/aromatic N) is 3. The first-order chi connectivity index (χ1) is 35.0. The van der Waals surface area contributed by atoms with Crippen molar-refractivity contribution in [3.8, 4) is 17.1 Å². The van der Waals surface area contributed by atoms with Gasteiger partial charge in [-0.05, 0) is 94.0 Å². The fourth-order valence-electron chi connectivity index (χ4n) is 12.2. The van der Waals surface area contributed by atoms with E-state index in [4.69, 9.17) is 0 Å². The van der Waals surface area contributed by atoms with Crippen LogP contribution in [0.25, 0.3) is 82.5 Å². The van der Waals surface area contributed by atoms with Crippen molar-refractivity contribution in [2.24, 2.45) is 0 Å². The van der Waals surface area contributed by atoms with Crippen LogP contribution in [-0.4, -0.2) is 13.7 Å². The van der Waals surface area contributed by atoms with Crippen molar-refractivity contribution in [3.63, 3.8) is 0 Å². The van der Waals surface area contributed by atoms with Crippen LogP contribution in [0.1, 0.15) is 74.9 Å². The molecule has 0 unspecified atom stereocenters. The van der Waals surface area contributed by atoms with Gasteiger partial charge in [0.1, 0.15) is 0 Å². The highest BCUT2D eigenvalue weighted by Crippen LogP contribution is 2.49. The molecule has 13 rings (SSSR count). The van der Waals surface area contributed by atoms with Gasteiger partial charge in [-0.3, -0.25) is 0 Å². The molecular weight excluding hydrogens is 871 g/mol. The van der Waals surface area contributed by atoms with Gasteiger partial charge in [0.15, 0.2) is 0 Å². The first-order valence-electron chi connectivity index (χ1n) is 25.4. The van der Waals surface area contributed by atoms with Gasteiger partial charge in [0.25, 0.3) is 0 Å². The smallest absolute Gasteiger partial charge is 0.0544 e. The number of aromatic nitrogens is 3. The Morgan fingerprint density at radius 1 is 0.236 bits per heavy atom. The van der Waals surface area contributed by atoms with Crippen LogP contribution in [0.15, 0.2) is 237 Å². The molecule has 0 radical (unpaired) electrons. The third kappa shape index (κ3) is 6.57. The Bertz CT molecular complexity index is 3870. The summed E-state index contributed by atoms with van der Waals surface area (Å²) in [7, 11) is 0. The molecule has 10 aromatic carbocycles. The second-order valence-corrected chi connectivity index (χ2v) is 21.4. The Labute approximate surface area is 421 Å². The van der Waals surface area contributed by atoms with E-state index in [1.807, 2.05) is 0 Å². The molecule has 0 saturated carbocycles. The summed E-state index contributed by atoms with van der Waals surface area (Å²) in [5.41, 5.74) is 17.2. The van der Waals surface area contributed by atoms with Crippen molar-refractivity contribution in [1.29, 1.82) is 0 Å². The molecule has 0 saturated heterocycles. The van der Waals surface area contributed by atoms with Gasteiger partial charge in [-0.1, -0.05) is 217 Å². The van der Waals surface area contributed by atoms with E-state index in [1.165, 1.54) is 104 Å². The Hall–Kier alpha value is -8.40. The van der Waals surface area contributed by atoms with E-state index in [0.717, 1.165) is 11.4 Å². The molecule has 3 heterocycles. The molecule has 3 heteroatoms. The Morgan fingerprint density at radius 2 is 0.528 bits per heavy atom. The van der Waals surface area contributed by atoms with E-state index in [1.54, 1.807) is 0 Å². The number of rotatable bonds is 9. The van der Waals surface area contributed by atoms with Crippen LogP contribution in [0.4, 0.5) is 0 Å². The highest BCUT2D eigenvalue weighted by Gasteiger charge is 2.38. The van der Waals surface area contributed by atoms with E-state index in [-0.39, 0.29) is 5.41 Å². The van der Waals surface area contributed by atoms with E-state index in [0.29, 0.717) is 0 Å². The number of para-hydroxylation sites is 4. The van der Waals surface area contributed by atoms with E-state index >= 15 is 0 Å². The summed E-state index contributed by atoms with van der Waals surface area (Å²) < 4.78 is 7.55. The van der Waals surface area contributed by atoms with Gasteiger partial charge >= 0.3 is 0 Å². The summed E-state index contributed by atoms with van der Waals surface area (Å²) in [6.07, 6.45) is 0. The number of fused-ring (bicyclic) bond motifs is 9. The molecule has 13 aromatic rings. The second-order valence-electron chi connectivity index (χ2n) is 21.4. The predicted octanol–water partition coefficient (Wildman–Crippen LogP) is 18.0. The fraction of sp³-hybridized carbons (Fsp3) is 0.130. The SMILES string of the molecule is CC(C)(c1ccccc1)c1cc(C(C)(C)c2ccccc2)c(-n2c3ccc(-n4c5ccccc5c5ccccc54)cc3c3cc(-n4c5ccccc5c5ccccc54)ccc32)c(C(C)(C)c2ccccc2)c1. The summed E-state index contributed by atoms with van der Waals surface area (Å²) in [4.78, 5) is 0. The van der Waals surface area contributed by atoms with E-state index < -0.39 is 10.8 Å². The van der Waals surface area contributed by atoms with Gasteiger partial charge in [0.05, 0.1) is 38.8 Å². The first-order valence-corrected chi connectivity index (χ1v) is 25.4. The molecule has 0 fully saturated rings. The average molecular weight is 928 g/mol. The molecule has 0 amide bonds. The van der Waals surface area contributed by atoms with Crippen LogP contribution in [0.3, 0.4) is 0 Å². The summed E-state index contributed by atoms with van der Waals surface area (Å²) in [6.45, 7) is 14.5. The van der Waals surface area contributed by atoms with Crippen molar-refractivity contribution in [3.05, 3.63) is 270 Å². The predicted molar refractivity (Wildman–Crippen MR) is 305 cm³/mol. The monoisotopic (exact) mass is 927 g/mol. The molecule has 0 N–H and O–H groups in total. The molecule has 72 heavy (non-hydrogen) atoms. The molecular formula is C69H57N3. The quantitative estimate of drug-likeness (QED) is 0.137. The van der Waals surface area contributed by atoms with Crippen molar-refractivity contribution < 1.29 is 0 Å². The van der Waals surface area contributed by atoms with Crippen molar-refractivity contribution in [2.45, 2.75) is 57.8 Å². The third-order valence-corrected chi connectivity index (χ3v) is 16.3. The zero-order valence-corrected chi connectivity index (χ0v) is 41.9. The van der Waals surface area contributed by atoms with Crippen molar-refractivity contribution in [1.82, 2.24) is 13.7 Å². The Balaban J connectivity index is 1.19. The van der Waals surface area contributed by atoms with Crippen LogP contribution >= 0.6 is 0 Å². The first kappa shape index (κ1) is 43.6. The van der Waals surface area contributed by atoms with E-state index in [9.17, 15) is 0 Å². The molecule has 0 aliphatic rings.